The van der Waals surface area contributed by atoms with E-state index in [1.165, 1.54) is 22.6 Å². The molecule has 2 aromatic carbocycles. The molecule has 2 saturated heterocycles. The van der Waals surface area contributed by atoms with E-state index in [-0.39, 0.29) is 29.0 Å². The zero-order valence-corrected chi connectivity index (χ0v) is 26.1. The molecule has 3 N–H and O–H groups in total. The van der Waals surface area contributed by atoms with Gasteiger partial charge in [-0.3, -0.25) is 4.98 Å². The molecule has 3 aromatic rings. The number of hydrogen-bond acceptors (Lipinski definition) is 10. The first-order valence-corrected chi connectivity index (χ1v) is 18.0. The van der Waals surface area contributed by atoms with Gasteiger partial charge < -0.3 is 25.0 Å². The summed E-state index contributed by atoms with van der Waals surface area (Å²) in [6.07, 6.45) is 4.09. The normalized spacial score (nSPS) is 22.5. The molecule has 238 valence electrons. The van der Waals surface area contributed by atoms with Crippen LogP contribution in [-0.2, 0) is 24.6 Å². The van der Waals surface area contributed by atoms with Crippen molar-refractivity contribution in [2.24, 2.45) is 0 Å². The predicted octanol–water partition coefficient (Wildman–Crippen LogP) is 2.27. The number of piperidine rings is 1. The number of aromatic nitrogens is 1. The van der Waals surface area contributed by atoms with E-state index < -0.39 is 42.9 Å². The Morgan fingerprint density at radius 2 is 1.80 bits per heavy atom. The molecule has 0 amide bonds. The molecule has 3 heterocycles. The number of ether oxygens (including phenoxy) is 2. The van der Waals surface area contributed by atoms with Crippen LogP contribution in [-0.4, -0.2) is 98.3 Å². The number of sulfone groups is 1. The SMILES string of the molecule is O=S(=O)(c1cnc2ccccc2c1)N1CCC2(CC1)C[C@@H](NCC(O)COc1cccc(S(=O)(=O)C3(CO)CCC3)c1)CO2. The van der Waals surface area contributed by atoms with Gasteiger partial charge in [-0.1, -0.05) is 30.7 Å². The van der Waals surface area contributed by atoms with Gasteiger partial charge in [0.1, 0.15) is 23.4 Å². The van der Waals surface area contributed by atoms with Crippen molar-refractivity contribution in [1.82, 2.24) is 14.6 Å². The lowest BCUT2D eigenvalue weighted by Gasteiger charge is -2.39. The first-order valence-electron chi connectivity index (χ1n) is 15.0. The van der Waals surface area contributed by atoms with E-state index in [9.17, 15) is 27.0 Å². The summed E-state index contributed by atoms with van der Waals surface area (Å²) in [6.45, 7) is 0.986. The van der Waals surface area contributed by atoms with Crippen molar-refractivity contribution in [3.05, 3.63) is 60.8 Å². The van der Waals surface area contributed by atoms with Crippen LogP contribution in [0.3, 0.4) is 0 Å². The van der Waals surface area contributed by atoms with Gasteiger partial charge in [0, 0.05) is 37.3 Å². The summed E-state index contributed by atoms with van der Waals surface area (Å²) in [6, 6.07) is 15.3. The molecule has 3 fully saturated rings. The molecule has 2 atom stereocenters. The van der Waals surface area contributed by atoms with Gasteiger partial charge in [0.15, 0.2) is 9.84 Å². The second-order valence-corrected chi connectivity index (χ2v) is 16.5. The minimum atomic E-state index is -3.70. The molecule has 1 spiro atoms. The van der Waals surface area contributed by atoms with Gasteiger partial charge in [-0.2, -0.15) is 4.31 Å². The van der Waals surface area contributed by atoms with Crippen LogP contribution in [0.4, 0.5) is 0 Å². The smallest absolute Gasteiger partial charge is 0.244 e. The highest BCUT2D eigenvalue weighted by molar-refractivity contribution is 7.93. The molecule has 1 aliphatic carbocycles. The zero-order valence-electron chi connectivity index (χ0n) is 24.5. The molecule has 13 heteroatoms. The molecule has 1 unspecified atom stereocenters. The van der Waals surface area contributed by atoms with Crippen molar-refractivity contribution in [2.75, 3.05) is 39.5 Å². The van der Waals surface area contributed by atoms with E-state index in [0.717, 1.165) is 17.3 Å². The number of rotatable bonds is 11. The quantitative estimate of drug-likeness (QED) is 0.283. The lowest BCUT2D eigenvalue weighted by molar-refractivity contribution is -0.0312. The maximum atomic E-state index is 13.3. The monoisotopic (exact) mass is 645 g/mol. The van der Waals surface area contributed by atoms with E-state index >= 15 is 0 Å². The fourth-order valence-corrected chi connectivity index (χ4v) is 9.87. The van der Waals surface area contributed by atoms with Crippen molar-refractivity contribution >= 4 is 30.8 Å². The number of benzene rings is 2. The molecule has 44 heavy (non-hydrogen) atoms. The maximum Gasteiger partial charge on any atom is 0.244 e. The summed E-state index contributed by atoms with van der Waals surface area (Å²) in [5.74, 6) is 0.335. The summed E-state index contributed by atoms with van der Waals surface area (Å²) >= 11 is 0. The van der Waals surface area contributed by atoms with Gasteiger partial charge >= 0.3 is 0 Å². The minimum absolute atomic E-state index is 0.00288. The van der Waals surface area contributed by atoms with Crippen molar-refractivity contribution in [1.29, 1.82) is 0 Å². The van der Waals surface area contributed by atoms with Gasteiger partial charge in [-0.05, 0) is 62.4 Å². The van der Waals surface area contributed by atoms with Crippen molar-refractivity contribution in [3.63, 3.8) is 0 Å². The fraction of sp³-hybridized carbons (Fsp3) is 0.516. The molecule has 1 saturated carbocycles. The Morgan fingerprint density at radius 1 is 1.02 bits per heavy atom. The number of aliphatic hydroxyl groups excluding tert-OH is 2. The zero-order chi connectivity index (χ0) is 31.0. The van der Waals surface area contributed by atoms with Gasteiger partial charge in [-0.15, -0.1) is 0 Å². The summed E-state index contributed by atoms with van der Waals surface area (Å²) in [5, 5.41) is 24.4. The van der Waals surface area contributed by atoms with E-state index in [0.29, 0.717) is 57.6 Å². The highest BCUT2D eigenvalue weighted by atomic mass is 32.2. The molecule has 2 aliphatic heterocycles. The third-order valence-corrected chi connectivity index (χ3v) is 13.8. The lowest BCUT2D eigenvalue weighted by atomic mass is 9.85. The number of hydrogen-bond donors (Lipinski definition) is 3. The standard InChI is InChI=1S/C31H39N3O8S2/c35-22-31(9-4-10-31)43(37,38)27-7-3-6-26(16-27)41-21-25(36)18-32-24-17-30(42-20-24)11-13-34(14-12-30)44(39,40)28-15-23-5-1-2-8-29(23)33-19-28/h1-3,5-8,15-16,19,24-25,32,35-36H,4,9-14,17-18,20-22H2/t24-,25?/m1/s1. The van der Waals surface area contributed by atoms with Crippen LogP contribution in [0.15, 0.2) is 70.6 Å². The molecule has 0 radical (unpaired) electrons. The summed E-state index contributed by atoms with van der Waals surface area (Å²) < 4.78 is 65.1. The third-order valence-electron chi connectivity index (χ3n) is 9.37. The van der Waals surface area contributed by atoms with E-state index in [1.54, 1.807) is 18.2 Å². The number of fused-ring (bicyclic) bond motifs is 1. The van der Waals surface area contributed by atoms with Gasteiger partial charge in [0.05, 0.1) is 34.0 Å². The molecule has 11 nitrogen and oxygen atoms in total. The lowest BCUT2D eigenvalue weighted by Crippen LogP contribution is -2.48. The van der Waals surface area contributed by atoms with E-state index in [1.807, 2.05) is 24.3 Å². The maximum absolute atomic E-state index is 13.3. The van der Waals surface area contributed by atoms with Crippen LogP contribution in [0.5, 0.6) is 5.75 Å². The Morgan fingerprint density at radius 3 is 2.52 bits per heavy atom. The van der Waals surface area contributed by atoms with Gasteiger partial charge in [-0.25, -0.2) is 16.8 Å². The molecular formula is C31H39N3O8S2. The van der Waals surface area contributed by atoms with Crippen LogP contribution in [0.25, 0.3) is 10.9 Å². The molecular weight excluding hydrogens is 606 g/mol. The summed E-state index contributed by atoms with van der Waals surface area (Å²) in [7, 11) is -7.38. The van der Waals surface area contributed by atoms with Crippen LogP contribution >= 0.6 is 0 Å². The van der Waals surface area contributed by atoms with E-state index in [4.69, 9.17) is 9.47 Å². The number of nitrogens with one attached hydrogen (secondary N) is 1. The third kappa shape index (κ3) is 5.98. The number of pyridine rings is 1. The Labute approximate surface area is 258 Å². The number of sulfonamides is 1. The fourth-order valence-electron chi connectivity index (χ4n) is 6.42. The van der Waals surface area contributed by atoms with E-state index in [2.05, 4.69) is 10.3 Å². The summed E-state index contributed by atoms with van der Waals surface area (Å²) in [4.78, 5) is 4.62. The van der Waals surface area contributed by atoms with Crippen LogP contribution in [0, 0.1) is 0 Å². The number of para-hydroxylation sites is 1. The Bertz CT molecular complexity index is 1700. The summed E-state index contributed by atoms with van der Waals surface area (Å²) in [5.41, 5.74) is 0.338. The molecule has 0 bridgehead atoms. The first-order chi connectivity index (χ1) is 21.1. The van der Waals surface area contributed by atoms with Crippen LogP contribution in [0.1, 0.15) is 38.5 Å². The molecule has 1 aromatic heterocycles. The van der Waals surface area contributed by atoms with Gasteiger partial charge in [0.2, 0.25) is 10.0 Å². The van der Waals surface area contributed by atoms with Crippen LogP contribution < -0.4 is 10.1 Å². The van der Waals surface area contributed by atoms with Crippen molar-refractivity contribution in [2.45, 2.75) is 70.8 Å². The highest BCUT2D eigenvalue weighted by Crippen LogP contribution is 2.43. The minimum Gasteiger partial charge on any atom is -0.491 e. The Hall–Kier alpha value is -2.65. The molecule has 6 rings (SSSR count). The van der Waals surface area contributed by atoms with Gasteiger partial charge in [0.25, 0.3) is 0 Å². The first kappa shape index (κ1) is 31.3. The van der Waals surface area contributed by atoms with Crippen molar-refractivity contribution < 1.29 is 36.5 Å². The van der Waals surface area contributed by atoms with Crippen molar-refractivity contribution in [3.8, 4) is 5.75 Å². The molecule has 3 aliphatic rings. The second kappa shape index (κ2) is 12.3. The second-order valence-electron chi connectivity index (χ2n) is 12.2. The Balaban J connectivity index is 0.972. The average molecular weight is 646 g/mol. The highest BCUT2D eigenvalue weighted by Gasteiger charge is 2.49. The topological polar surface area (TPSA) is 155 Å². The number of nitrogens with zero attached hydrogens (tertiary/aromatic N) is 2. The average Bonchev–Trinajstić information content (AvgIpc) is 3.40. The Kier molecular flexibility index (Phi) is 8.74. The largest absolute Gasteiger partial charge is 0.491 e. The predicted molar refractivity (Wildman–Crippen MR) is 164 cm³/mol. The number of aliphatic hydroxyl groups is 2. The van der Waals surface area contributed by atoms with Crippen LogP contribution in [0.2, 0.25) is 0 Å².